The Labute approximate surface area is 128 Å². The summed E-state index contributed by atoms with van der Waals surface area (Å²) in [6, 6.07) is 11.0. The fraction of sp³-hybridized carbons (Fsp3) is 0.0714. The average molecular weight is 352 g/mol. The van der Waals surface area contributed by atoms with Crippen molar-refractivity contribution in [1.29, 1.82) is 0 Å². The van der Waals surface area contributed by atoms with Crippen molar-refractivity contribution in [3.8, 4) is 5.69 Å². The molecule has 0 atom stereocenters. The van der Waals surface area contributed by atoms with Gasteiger partial charge in [-0.05, 0) is 52.5 Å². The van der Waals surface area contributed by atoms with Gasteiger partial charge >= 0.3 is 0 Å². The van der Waals surface area contributed by atoms with E-state index in [1.165, 1.54) is 6.07 Å². The predicted octanol–water partition coefficient (Wildman–Crippen LogP) is 4.23. The van der Waals surface area contributed by atoms with Crippen LogP contribution in [0.3, 0.4) is 0 Å². The molecule has 0 spiro atoms. The number of hydrogen-bond donors (Lipinski definition) is 1. The molecule has 0 unspecified atom stereocenters. The molecule has 0 bridgehead atoms. The van der Waals surface area contributed by atoms with Gasteiger partial charge in [0, 0.05) is 16.6 Å². The molecule has 3 nitrogen and oxygen atoms in total. The molecule has 2 aromatic carbocycles. The highest BCUT2D eigenvalue weighted by molar-refractivity contribution is 9.10. The summed E-state index contributed by atoms with van der Waals surface area (Å²) in [6.45, 7) is 0. The van der Waals surface area contributed by atoms with Crippen LogP contribution >= 0.6 is 27.7 Å². The van der Waals surface area contributed by atoms with Crippen LogP contribution in [-0.4, -0.2) is 15.8 Å². The molecule has 0 amide bonds. The molecule has 0 saturated heterocycles. The monoisotopic (exact) mass is 351 g/mol. The van der Waals surface area contributed by atoms with Crippen LogP contribution in [0.2, 0.25) is 0 Å². The van der Waals surface area contributed by atoms with E-state index < -0.39 is 0 Å². The van der Waals surface area contributed by atoms with Crippen LogP contribution in [-0.2, 0) is 0 Å². The van der Waals surface area contributed by atoms with Crippen LogP contribution < -0.4 is 5.73 Å². The molecule has 0 saturated carbocycles. The van der Waals surface area contributed by atoms with Crippen LogP contribution in [0.5, 0.6) is 0 Å². The first-order valence-electron chi connectivity index (χ1n) is 5.87. The van der Waals surface area contributed by atoms with Gasteiger partial charge in [-0.2, -0.15) is 0 Å². The molecule has 0 aliphatic heterocycles. The van der Waals surface area contributed by atoms with Gasteiger partial charge in [-0.25, -0.2) is 9.37 Å². The Balaban J connectivity index is 2.23. The van der Waals surface area contributed by atoms with Gasteiger partial charge in [-0.1, -0.05) is 0 Å². The lowest BCUT2D eigenvalue weighted by Crippen LogP contribution is -2.00. The molecular weight excluding hydrogens is 341 g/mol. The van der Waals surface area contributed by atoms with Gasteiger partial charge in [-0.3, -0.25) is 4.57 Å². The Kier molecular flexibility index (Phi) is 3.43. The van der Waals surface area contributed by atoms with Crippen molar-refractivity contribution in [3.05, 3.63) is 46.7 Å². The largest absolute Gasteiger partial charge is 0.369 e. The number of fused-ring (bicyclic) bond motifs is 1. The molecule has 1 aromatic heterocycles. The Hall–Kier alpha value is -1.53. The van der Waals surface area contributed by atoms with Crippen molar-refractivity contribution in [1.82, 2.24) is 9.55 Å². The highest BCUT2D eigenvalue weighted by atomic mass is 79.9. The van der Waals surface area contributed by atoms with E-state index in [2.05, 4.69) is 20.9 Å². The summed E-state index contributed by atoms with van der Waals surface area (Å²) in [5.74, 6) is 0.00813. The number of nitrogens with zero attached hydrogens (tertiary/aromatic N) is 2. The molecule has 0 aliphatic carbocycles. The van der Waals surface area contributed by atoms with Crippen molar-refractivity contribution >= 4 is 44.7 Å². The Morgan fingerprint density at radius 1 is 1.25 bits per heavy atom. The third-order valence-electron chi connectivity index (χ3n) is 3.05. The number of hydrogen-bond acceptors (Lipinski definition) is 3. The molecule has 6 heteroatoms. The second-order valence-electron chi connectivity index (χ2n) is 4.26. The highest BCUT2D eigenvalue weighted by Gasteiger charge is 2.13. The van der Waals surface area contributed by atoms with Gasteiger partial charge in [-0.15, -0.1) is 11.8 Å². The van der Waals surface area contributed by atoms with Crippen LogP contribution in [0.25, 0.3) is 16.7 Å². The molecule has 0 fully saturated rings. The molecule has 0 radical (unpaired) electrons. The van der Waals surface area contributed by atoms with Gasteiger partial charge in [0.15, 0.2) is 0 Å². The number of aromatic nitrogens is 2. The summed E-state index contributed by atoms with van der Waals surface area (Å²) in [5, 5.41) is 0. The zero-order valence-electron chi connectivity index (χ0n) is 10.6. The van der Waals surface area contributed by atoms with E-state index in [4.69, 9.17) is 5.73 Å². The minimum Gasteiger partial charge on any atom is -0.369 e. The summed E-state index contributed by atoms with van der Waals surface area (Å²) >= 11 is 4.82. The van der Waals surface area contributed by atoms with Crippen molar-refractivity contribution in [2.24, 2.45) is 0 Å². The van der Waals surface area contributed by atoms with E-state index in [-0.39, 0.29) is 5.82 Å². The van der Waals surface area contributed by atoms with E-state index in [1.807, 2.05) is 30.5 Å². The normalized spacial score (nSPS) is 11.2. The molecule has 102 valence electrons. The van der Waals surface area contributed by atoms with Gasteiger partial charge < -0.3 is 5.73 Å². The quantitative estimate of drug-likeness (QED) is 0.702. The number of imidazole rings is 1. The zero-order valence-corrected chi connectivity index (χ0v) is 13.0. The van der Waals surface area contributed by atoms with Gasteiger partial charge in [0.2, 0.25) is 5.95 Å². The first kappa shape index (κ1) is 13.5. The van der Waals surface area contributed by atoms with Crippen LogP contribution in [0.4, 0.5) is 10.3 Å². The molecule has 0 aliphatic rings. The fourth-order valence-electron chi connectivity index (χ4n) is 2.09. The lowest BCUT2D eigenvalue weighted by Gasteiger charge is -2.07. The van der Waals surface area contributed by atoms with E-state index in [1.54, 1.807) is 22.4 Å². The lowest BCUT2D eigenvalue weighted by atomic mass is 10.2. The summed E-state index contributed by atoms with van der Waals surface area (Å²) in [5.41, 5.74) is 8.14. The maximum atomic E-state index is 13.7. The van der Waals surface area contributed by atoms with Crippen molar-refractivity contribution < 1.29 is 4.39 Å². The number of rotatable bonds is 2. The fourth-order valence-corrected chi connectivity index (χ4v) is 2.83. The minimum absolute atomic E-state index is 0.334. The van der Waals surface area contributed by atoms with E-state index in [0.29, 0.717) is 21.5 Å². The third-order valence-corrected chi connectivity index (χ3v) is 4.40. The maximum Gasteiger partial charge on any atom is 0.205 e. The topological polar surface area (TPSA) is 43.8 Å². The molecule has 1 heterocycles. The standard InChI is InChI=1S/C14H11BrFN3S/c1-20-9-4-2-8(3-5-9)19-13-7-11(16)10(15)6-12(13)18-14(19)17/h2-7H,1H3,(H2,17,18). The number of nitrogen functional groups attached to an aromatic ring is 1. The van der Waals surface area contributed by atoms with Gasteiger partial charge in [0.1, 0.15) is 5.82 Å². The van der Waals surface area contributed by atoms with Gasteiger partial charge in [0.25, 0.3) is 0 Å². The van der Waals surface area contributed by atoms with Crippen LogP contribution in [0, 0.1) is 5.82 Å². The number of anilines is 1. The number of benzene rings is 2. The number of halogens is 2. The summed E-state index contributed by atoms with van der Waals surface area (Å²) < 4.78 is 15.9. The molecule has 3 rings (SSSR count). The average Bonchev–Trinajstić information content (AvgIpc) is 2.75. The summed E-state index contributed by atoms with van der Waals surface area (Å²) in [6.07, 6.45) is 2.02. The lowest BCUT2D eigenvalue weighted by molar-refractivity contribution is 0.622. The molecule has 3 aromatic rings. The van der Waals surface area contributed by atoms with Gasteiger partial charge in [0.05, 0.1) is 15.5 Å². The molecule has 20 heavy (non-hydrogen) atoms. The minimum atomic E-state index is -0.334. The highest BCUT2D eigenvalue weighted by Crippen LogP contribution is 2.28. The Morgan fingerprint density at radius 2 is 1.95 bits per heavy atom. The number of thioether (sulfide) groups is 1. The smallest absolute Gasteiger partial charge is 0.205 e. The summed E-state index contributed by atoms with van der Waals surface area (Å²) in [4.78, 5) is 5.43. The van der Waals surface area contributed by atoms with Crippen LogP contribution in [0.15, 0.2) is 45.8 Å². The van der Waals surface area contributed by atoms with E-state index >= 15 is 0 Å². The second-order valence-corrected chi connectivity index (χ2v) is 5.99. The van der Waals surface area contributed by atoms with E-state index in [9.17, 15) is 4.39 Å². The maximum absolute atomic E-state index is 13.7. The number of nitrogens with two attached hydrogens (primary N) is 1. The Morgan fingerprint density at radius 3 is 2.60 bits per heavy atom. The van der Waals surface area contributed by atoms with Crippen molar-refractivity contribution in [2.75, 3.05) is 12.0 Å². The first-order valence-corrected chi connectivity index (χ1v) is 7.89. The SMILES string of the molecule is CSc1ccc(-n2c(N)nc3cc(Br)c(F)cc32)cc1. The first-order chi connectivity index (χ1) is 9.60. The molecule has 2 N–H and O–H groups in total. The van der Waals surface area contributed by atoms with Crippen molar-refractivity contribution in [2.45, 2.75) is 4.90 Å². The zero-order chi connectivity index (χ0) is 14.3. The molecular formula is C14H11BrFN3S. The second kappa shape index (κ2) is 5.10. The van der Waals surface area contributed by atoms with E-state index in [0.717, 1.165) is 10.6 Å². The van der Waals surface area contributed by atoms with Crippen LogP contribution in [0.1, 0.15) is 0 Å². The predicted molar refractivity (Wildman–Crippen MR) is 84.9 cm³/mol. The van der Waals surface area contributed by atoms with Crippen molar-refractivity contribution in [3.63, 3.8) is 0 Å². The summed E-state index contributed by atoms with van der Waals surface area (Å²) in [7, 11) is 0. The Bertz CT molecular complexity index is 783. The third kappa shape index (κ3) is 2.19.